The molecule has 4 nitrogen and oxygen atoms in total. The maximum Gasteiger partial charge on any atom is 0.321 e. The predicted molar refractivity (Wildman–Crippen MR) is 66.0 cm³/mol. The summed E-state index contributed by atoms with van der Waals surface area (Å²) in [6, 6.07) is 0.694. The Bertz CT molecular complexity index is 390. The summed E-state index contributed by atoms with van der Waals surface area (Å²) < 4.78 is 0. The number of nitrogens with zero attached hydrogens (tertiary/aromatic N) is 1. The fourth-order valence-electron chi connectivity index (χ4n) is 0.909. The van der Waals surface area contributed by atoms with Gasteiger partial charge < -0.3 is 10.8 Å². The highest BCUT2D eigenvalue weighted by Gasteiger charge is 2.11. The van der Waals surface area contributed by atoms with Crippen molar-refractivity contribution < 1.29 is 9.90 Å². The summed E-state index contributed by atoms with van der Waals surface area (Å²) in [4.78, 5) is 14.4. The lowest BCUT2D eigenvalue weighted by atomic mass is 10.3. The molecule has 0 spiro atoms. The second-order valence-electron chi connectivity index (χ2n) is 3.06. The molecule has 1 atom stereocenters. The minimum Gasteiger partial charge on any atom is -0.480 e. The summed E-state index contributed by atoms with van der Waals surface area (Å²) in [5.74, 6) is -0.119. The van der Waals surface area contributed by atoms with Gasteiger partial charge in [0, 0.05) is 22.7 Å². The Kier molecular flexibility index (Phi) is 5.34. The highest BCUT2D eigenvalue weighted by atomic mass is 35.5. The molecule has 0 saturated heterocycles. The van der Waals surface area contributed by atoms with Crippen LogP contribution in [0.5, 0.6) is 0 Å². The van der Waals surface area contributed by atoms with E-state index < -0.39 is 12.0 Å². The van der Waals surface area contributed by atoms with Crippen LogP contribution in [0.4, 0.5) is 0 Å². The fourth-order valence-corrected chi connectivity index (χ4v) is 2.39. The predicted octanol–water partition coefficient (Wildman–Crippen LogP) is 2.03. The van der Waals surface area contributed by atoms with E-state index in [1.165, 1.54) is 11.8 Å². The lowest BCUT2D eigenvalue weighted by Gasteiger charge is -2.07. The summed E-state index contributed by atoms with van der Waals surface area (Å²) in [7, 11) is 0. The van der Waals surface area contributed by atoms with Crippen LogP contribution in [0.1, 0.15) is 5.56 Å². The van der Waals surface area contributed by atoms with Gasteiger partial charge in [-0.25, -0.2) is 4.98 Å². The average molecular weight is 281 g/mol. The Morgan fingerprint density at radius 2 is 2.31 bits per heavy atom. The molecule has 0 aliphatic carbocycles. The topological polar surface area (TPSA) is 76.2 Å². The van der Waals surface area contributed by atoms with Crippen LogP contribution in [0.2, 0.25) is 10.2 Å². The van der Waals surface area contributed by atoms with E-state index in [9.17, 15) is 4.79 Å². The van der Waals surface area contributed by atoms with Crippen LogP contribution < -0.4 is 5.73 Å². The summed E-state index contributed by atoms with van der Waals surface area (Å²) in [5, 5.41) is 9.43. The SMILES string of the molecule is N[C@@H](CSCc1cnc(Cl)cc1Cl)C(=O)O. The van der Waals surface area contributed by atoms with Gasteiger partial charge in [0.25, 0.3) is 0 Å². The van der Waals surface area contributed by atoms with E-state index >= 15 is 0 Å². The van der Waals surface area contributed by atoms with Crippen LogP contribution in [-0.4, -0.2) is 27.9 Å². The van der Waals surface area contributed by atoms with Crippen molar-refractivity contribution in [2.45, 2.75) is 11.8 Å². The number of carboxylic acids is 1. The molecule has 0 aliphatic rings. The number of hydrogen-bond donors (Lipinski definition) is 2. The standard InChI is InChI=1S/C9H10Cl2N2O2S/c10-6-1-8(11)13-2-5(6)3-16-4-7(12)9(14)15/h1-2,7H,3-4,12H2,(H,14,15)/t7-/m0/s1. The van der Waals surface area contributed by atoms with E-state index in [-0.39, 0.29) is 0 Å². The molecular formula is C9H10Cl2N2O2S. The number of thioether (sulfide) groups is 1. The Hall–Kier alpha value is -0.490. The molecule has 1 aromatic heterocycles. The zero-order valence-corrected chi connectivity index (χ0v) is 10.5. The van der Waals surface area contributed by atoms with Gasteiger partial charge in [-0.05, 0) is 11.6 Å². The molecule has 0 bridgehead atoms. The Morgan fingerprint density at radius 1 is 1.62 bits per heavy atom. The number of aromatic nitrogens is 1. The van der Waals surface area contributed by atoms with E-state index in [0.29, 0.717) is 21.7 Å². The van der Waals surface area contributed by atoms with Crippen LogP contribution in [-0.2, 0) is 10.5 Å². The van der Waals surface area contributed by atoms with Crippen molar-refractivity contribution in [1.82, 2.24) is 4.98 Å². The van der Waals surface area contributed by atoms with Crippen molar-refractivity contribution in [1.29, 1.82) is 0 Å². The molecule has 7 heteroatoms. The second-order valence-corrected chi connectivity index (χ2v) is 4.88. The van der Waals surface area contributed by atoms with Gasteiger partial charge >= 0.3 is 5.97 Å². The van der Waals surface area contributed by atoms with E-state index in [4.69, 9.17) is 34.0 Å². The number of carbonyl (C=O) groups is 1. The minimum absolute atomic E-state index is 0.328. The zero-order valence-electron chi connectivity index (χ0n) is 8.19. The number of halogens is 2. The van der Waals surface area contributed by atoms with Crippen molar-refractivity contribution in [2.24, 2.45) is 5.73 Å². The number of nitrogens with two attached hydrogens (primary N) is 1. The number of aliphatic carboxylic acids is 1. The van der Waals surface area contributed by atoms with Crippen molar-refractivity contribution in [2.75, 3.05) is 5.75 Å². The highest BCUT2D eigenvalue weighted by Crippen LogP contribution is 2.22. The Morgan fingerprint density at radius 3 is 2.88 bits per heavy atom. The van der Waals surface area contributed by atoms with Gasteiger partial charge in [-0.3, -0.25) is 4.79 Å². The molecule has 1 heterocycles. The van der Waals surface area contributed by atoms with Crippen molar-refractivity contribution >= 4 is 40.9 Å². The summed E-state index contributed by atoms with van der Waals surface area (Å²) in [6.07, 6.45) is 1.57. The first kappa shape index (κ1) is 13.6. The van der Waals surface area contributed by atoms with E-state index in [1.807, 2.05) is 0 Å². The van der Waals surface area contributed by atoms with Crippen molar-refractivity contribution in [3.05, 3.63) is 28.0 Å². The third-order valence-electron chi connectivity index (χ3n) is 1.77. The van der Waals surface area contributed by atoms with Crippen LogP contribution >= 0.6 is 35.0 Å². The van der Waals surface area contributed by atoms with E-state index in [0.717, 1.165) is 5.56 Å². The van der Waals surface area contributed by atoms with Gasteiger partial charge in [-0.15, -0.1) is 0 Å². The number of carboxylic acid groups (broad SMARTS) is 1. The molecule has 0 saturated carbocycles. The molecule has 1 aromatic rings. The maximum atomic E-state index is 10.5. The lowest BCUT2D eigenvalue weighted by Crippen LogP contribution is -2.32. The highest BCUT2D eigenvalue weighted by molar-refractivity contribution is 7.98. The van der Waals surface area contributed by atoms with Gasteiger partial charge in [0.05, 0.1) is 0 Å². The molecule has 0 fully saturated rings. The van der Waals surface area contributed by atoms with E-state index in [2.05, 4.69) is 4.98 Å². The minimum atomic E-state index is -1.01. The van der Waals surface area contributed by atoms with Gasteiger partial charge in [0.2, 0.25) is 0 Å². The number of pyridine rings is 1. The molecule has 88 valence electrons. The maximum absolute atomic E-state index is 10.5. The lowest BCUT2D eigenvalue weighted by molar-refractivity contribution is -0.137. The quantitative estimate of drug-likeness (QED) is 0.808. The van der Waals surface area contributed by atoms with Crippen LogP contribution in [0.3, 0.4) is 0 Å². The fraction of sp³-hybridized carbons (Fsp3) is 0.333. The van der Waals surface area contributed by atoms with Crippen molar-refractivity contribution in [3.8, 4) is 0 Å². The Labute approximate surface area is 107 Å². The molecule has 0 aromatic carbocycles. The molecule has 0 aliphatic heterocycles. The first-order chi connectivity index (χ1) is 7.50. The molecule has 0 unspecified atom stereocenters. The van der Waals surface area contributed by atoms with Crippen LogP contribution in [0.25, 0.3) is 0 Å². The third-order valence-corrected chi connectivity index (χ3v) is 3.44. The smallest absolute Gasteiger partial charge is 0.321 e. The van der Waals surface area contributed by atoms with E-state index in [1.54, 1.807) is 12.3 Å². The normalized spacial score (nSPS) is 12.4. The zero-order chi connectivity index (χ0) is 12.1. The molecule has 3 N–H and O–H groups in total. The van der Waals surface area contributed by atoms with Crippen molar-refractivity contribution in [3.63, 3.8) is 0 Å². The number of hydrogen-bond acceptors (Lipinski definition) is 4. The van der Waals surface area contributed by atoms with Gasteiger partial charge in [-0.1, -0.05) is 23.2 Å². The summed E-state index contributed by atoms with van der Waals surface area (Å²) in [5.41, 5.74) is 6.17. The van der Waals surface area contributed by atoms with Gasteiger partial charge in [0.15, 0.2) is 0 Å². The van der Waals surface area contributed by atoms with Crippen LogP contribution in [0, 0.1) is 0 Å². The molecule has 0 radical (unpaired) electrons. The number of rotatable bonds is 5. The second kappa shape index (κ2) is 6.30. The first-order valence-electron chi connectivity index (χ1n) is 4.36. The Balaban J connectivity index is 2.46. The molecule has 0 amide bonds. The van der Waals surface area contributed by atoms with Gasteiger partial charge in [-0.2, -0.15) is 11.8 Å². The largest absolute Gasteiger partial charge is 0.480 e. The monoisotopic (exact) mass is 280 g/mol. The van der Waals surface area contributed by atoms with Gasteiger partial charge in [0.1, 0.15) is 11.2 Å². The summed E-state index contributed by atoms with van der Waals surface area (Å²) in [6.45, 7) is 0. The first-order valence-corrected chi connectivity index (χ1v) is 6.28. The molecular weight excluding hydrogens is 271 g/mol. The van der Waals surface area contributed by atoms with Crippen LogP contribution in [0.15, 0.2) is 12.3 Å². The summed E-state index contributed by atoms with van der Waals surface area (Å²) >= 11 is 13.0. The average Bonchev–Trinajstić information content (AvgIpc) is 2.20. The third kappa shape index (κ3) is 4.17. The molecule has 16 heavy (non-hydrogen) atoms. The molecule has 1 rings (SSSR count).